The molecule has 8 nitrogen and oxygen atoms in total. The second-order valence-electron chi connectivity index (χ2n) is 4.04. The Bertz CT molecular complexity index is 407. The van der Waals surface area contributed by atoms with Crippen molar-refractivity contribution in [3.63, 3.8) is 0 Å². The fourth-order valence-corrected chi connectivity index (χ4v) is 1.76. The number of piperazine rings is 1. The Morgan fingerprint density at radius 3 is 2.78 bits per heavy atom. The number of amidine groups is 1. The molecule has 1 rings (SSSR count). The predicted octanol–water partition coefficient (Wildman–Crippen LogP) is -1.37. The highest BCUT2D eigenvalue weighted by atomic mass is 16.4. The number of oxime groups is 1. The Hall–Kier alpha value is -2.12. The quantitative estimate of drug-likeness (QED) is 0.189. The molecule has 4 N–H and O–H groups in total. The van der Waals surface area contributed by atoms with E-state index in [2.05, 4.69) is 10.5 Å². The maximum absolute atomic E-state index is 12.2. The van der Waals surface area contributed by atoms with Crippen molar-refractivity contribution in [2.24, 2.45) is 16.8 Å². The van der Waals surface area contributed by atoms with Gasteiger partial charge in [-0.3, -0.25) is 19.7 Å². The molecule has 1 heterocycles. The Kier molecular flexibility index (Phi) is 4.24. The van der Waals surface area contributed by atoms with Gasteiger partial charge in [-0.2, -0.15) is 0 Å². The molecule has 100 valence electrons. The first-order valence-corrected chi connectivity index (χ1v) is 5.53. The number of nitrogens with one attached hydrogen (secondary N) is 1. The first-order valence-electron chi connectivity index (χ1n) is 5.53. The van der Waals surface area contributed by atoms with Crippen molar-refractivity contribution in [3.05, 3.63) is 0 Å². The van der Waals surface area contributed by atoms with E-state index in [0.717, 1.165) is 4.90 Å². The topological polar surface area (TPSA) is 125 Å². The molecule has 2 unspecified atom stereocenters. The number of hydrogen-bond donors (Lipinski definition) is 3. The van der Waals surface area contributed by atoms with Gasteiger partial charge in [0.05, 0.1) is 5.92 Å². The normalized spacial score (nSPS) is 22.7. The molecule has 0 aromatic carbocycles. The van der Waals surface area contributed by atoms with E-state index in [0.29, 0.717) is 6.42 Å². The number of rotatable bonds is 3. The fraction of sp³-hybridized carbons (Fsp3) is 0.600. The van der Waals surface area contributed by atoms with E-state index in [1.54, 1.807) is 6.92 Å². The van der Waals surface area contributed by atoms with Gasteiger partial charge in [-0.05, 0) is 13.3 Å². The minimum atomic E-state index is -0.837. The summed E-state index contributed by atoms with van der Waals surface area (Å²) in [6.07, 6.45) is 0.313. The van der Waals surface area contributed by atoms with Gasteiger partial charge in [-0.1, -0.05) is 12.1 Å². The predicted molar refractivity (Wildman–Crippen MR) is 61.5 cm³/mol. The number of nitrogens with two attached hydrogens (primary N) is 1. The Morgan fingerprint density at radius 2 is 2.28 bits per heavy atom. The van der Waals surface area contributed by atoms with Crippen molar-refractivity contribution in [3.8, 4) is 0 Å². The minimum absolute atomic E-state index is 0.207. The lowest BCUT2D eigenvalue weighted by Crippen LogP contribution is -2.60. The Balaban J connectivity index is 2.94. The zero-order valence-electron chi connectivity index (χ0n) is 10.2. The standard InChI is InChI=1S/C10H16N4O4/c1-3-6(8(11)13-18)10(17)14-4-7(15)12-9(16)5(14)2/h5-6,18H,3-4H2,1-2H3,(H2,11,13)(H,12,15,16). The third kappa shape index (κ3) is 2.58. The summed E-state index contributed by atoms with van der Waals surface area (Å²) in [7, 11) is 0. The van der Waals surface area contributed by atoms with E-state index < -0.39 is 29.7 Å². The van der Waals surface area contributed by atoms with Crippen molar-refractivity contribution < 1.29 is 19.6 Å². The SMILES string of the molecule is CCC(C(=O)N1CC(=O)NC(=O)C1C)C(N)=NO. The first-order chi connectivity index (χ1) is 8.42. The zero-order valence-corrected chi connectivity index (χ0v) is 10.2. The number of hydrogen-bond acceptors (Lipinski definition) is 5. The van der Waals surface area contributed by atoms with Crippen LogP contribution in [-0.4, -0.2) is 46.3 Å². The molecule has 8 heteroatoms. The Labute approximate surface area is 104 Å². The largest absolute Gasteiger partial charge is 0.409 e. The van der Waals surface area contributed by atoms with Gasteiger partial charge in [0, 0.05) is 0 Å². The molecular weight excluding hydrogens is 240 g/mol. The number of imide groups is 1. The van der Waals surface area contributed by atoms with E-state index in [1.165, 1.54) is 6.92 Å². The zero-order chi connectivity index (χ0) is 13.9. The lowest BCUT2D eigenvalue weighted by molar-refractivity contribution is -0.150. The summed E-state index contributed by atoms with van der Waals surface area (Å²) in [5.74, 6) is -2.64. The number of carbonyl (C=O) groups excluding carboxylic acids is 3. The van der Waals surface area contributed by atoms with Crippen molar-refractivity contribution >= 4 is 23.6 Å². The molecular formula is C10H16N4O4. The average Bonchev–Trinajstić information content (AvgIpc) is 2.34. The third-order valence-corrected chi connectivity index (χ3v) is 2.89. The van der Waals surface area contributed by atoms with Crippen molar-refractivity contribution in [1.29, 1.82) is 0 Å². The molecule has 0 bridgehead atoms. The second-order valence-corrected chi connectivity index (χ2v) is 4.04. The van der Waals surface area contributed by atoms with Gasteiger partial charge in [0.25, 0.3) is 0 Å². The molecule has 0 radical (unpaired) electrons. The smallest absolute Gasteiger partial charge is 0.249 e. The molecule has 1 aliphatic heterocycles. The maximum Gasteiger partial charge on any atom is 0.249 e. The van der Waals surface area contributed by atoms with E-state index in [9.17, 15) is 14.4 Å². The van der Waals surface area contributed by atoms with E-state index in [-0.39, 0.29) is 12.4 Å². The molecule has 0 aliphatic carbocycles. The molecule has 3 amide bonds. The van der Waals surface area contributed by atoms with Crippen LogP contribution in [0.25, 0.3) is 0 Å². The van der Waals surface area contributed by atoms with Gasteiger partial charge in [0.1, 0.15) is 12.6 Å². The van der Waals surface area contributed by atoms with Gasteiger partial charge >= 0.3 is 0 Å². The third-order valence-electron chi connectivity index (χ3n) is 2.89. The van der Waals surface area contributed by atoms with Crippen LogP contribution in [0.1, 0.15) is 20.3 Å². The van der Waals surface area contributed by atoms with Crippen LogP contribution in [0.15, 0.2) is 5.16 Å². The number of nitrogens with zero attached hydrogens (tertiary/aromatic N) is 2. The summed E-state index contributed by atoms with van der Waals surface area (Å²) in [6, 6.07) is -0.754. The molecule has 0 aromatic heterocycles. The highest BCUT2D eigenvalue weighted by Crippen LogP contribution is 2.13. The van der Waals surface area contributed by atoms with Gasteiger partial charge in [0.2, 0.25) is 17.7 Å². The molecule has 1 aliphatic rings. The summed E-state index contributed by atoms with van der Waals surface area (Å²) in [4.78, 5) is 36.0. The van der Waals surface area contributed by atoms with Crippen LogP contribution in [0.3, 0.4) is 0 Å². The highest BCUT2D eigenvalue weighted by molar-refractivity contribution is 6.08. The summed E-state index contributed by atoms with van der Waals surface area (Å²) in [5.41, 5.74) is 5.42. The van der Waals surface area contributed by atoms with Crippen LogP contribution in [-0.2, 0) is 14.4 Å². The number of carbonyl (C=O) groups is 3. The molecule has 1 saturated heterocycles. The highest BCUT2D eigenvalue weighted by Gasteiger charge is 2.37. The molecule has 1 fully saturated rings. The second kappa shape index (κ2) is 5.48. The summed E-state index contributed by atoms with van der Waals surface area (Å²) < 4.78 is 0. The van der Waals surface area contributed by atoms with Crippen LogP contribution >= 0.6 is 0 Å². The molecule has 18 heavy (non-hydrogen) atoms. The van der Waals surface area contributed by atoms with Crippen LogP contribution in [0, 0.1) is 5.92 Å². The van der Waals surface area contributed by atoms with Crippen LogP contribution in [0.4, 0.5) is 0 Å². The molecule has 0 spiro atoms. The minimum Gasteiger partial charge on any atom is -0.409 e. The van der Waals surface area contributed by atoms with Crippen LogP contribution < -0.4 is 11.1 Å². The lowest BCUT2D eigenvalue weighted by Gasteiger charge is -2.33. The van der Waals surface area contributed by atoms with E-state index >= 15 is 0 Å². The fourth-order valence-electron chi connectivity index (χ4n) is 1.76. The molecule has 0 saturated carbocycles. The van der Waals surface area contributed by atoms with Crippen molar-refractivity contribution in [2.75, 3.05) is 6.54 Å². The van der Waals surface area contributed by atoms with Crippen molar-refractivity contribution in [2.45, 2.75) is 26.3 Å². The lowest BCUT2D eigenvalue weighted by atomic mass is 10.0. The van der Waals surface area contributed by atoms with Gasteiger partial charge in [-0.25, -0.2) is 0 Å². The van der Waals surface area contributed by atoms with Crippen molar-refractivity contribution in [1.82, 2.24) is 10.2 Å². The summed E-state index contributed by atoms with van der Waals surface area (Å²) >= 11 is 0. The molecule has 0 aromatic rings. The molecule has 2 atom stereocenters. The summed E-state index contributed by atoms with van der Waals surface area (Å²) in [5, 5.41) is 13.5. The van der Waals surface area contributed by atoms with E-state index in [1.807, 2.05) is 0 Å². The Morgan fingerprint density at radius 1 is 1.67 bits per heavy atom. The van der Waals surface area contributed by atoms with E-state index in [4.69, 9.17) is 10.9 Å². The van der Waals surface area contributed by atoms with Crippen LogP contribution in [0.5, 0.6) is 0 Å². The summed E-state index contributed by atoms with van der Waals surface area (Å²) in [6.45, 7) is 3.00. The van der Waals surface area contributed by atoms with Gasteiger partial charge in [0.15, 0.2) is 5.84 Å². The maximum atomic E-state index is 12.2. The first kappa shape index (κ1) is 13.9. The van der Waals surface area contributed by atoms with Gasteiger partial charge in [-0.15, -0.1) is 0 Å². The monoisotopic (exact) mass is 256 g/mol. The average molecular weight is 256 g/mol. The van der Waals surface area contributed by atoms with Crippen LogP contribution in [0.2, 0.25) is 0 Å². The van der Waals surface area contributed by atoms with Gasteiger partial charge < -0.3 is 15.8 Å². The number of amides is 3.